The predicted molar refractivity (Wildman–Crippen MR) is 139 cm³/mol. The van der Waals surface area contributed by atoms with Crippen LogP contribution < -0.4 is 10.5 Å². The molecule has 3 aromatic heterocycles. The normalized spacial score (nSPS) is 11.3. The van der Waals surface area contributed by atoms with Crippen molar-refractivity contribution in [3.05, 3.63) is 75.7 Å². The fourth-order valence-electron chi connectivity index (χ4n) is 4.53. The van der Waals surface area contributed by atoms with Gasteiger partial charge >= 0.3 is 0 Å². The Morgan fingerprint density at radius 3 is 2.39 bits per heavy atom. The van der Waals surface area contributed by atoms with Crippen molar-refractivity contribution in [3.8, 4) is 22.5 Å². The first kappa shape index (κ1) is 23.4. The molecule has 2 aromatic carbocycles. The standard InChI is InChI=1S/C26H29N9O/c1-4-9-22-21(24(36)27-25-28-26(31-35(22)25)34(5-2)6-3)16-17-12-14-18(15-13-17)19-10-7-8-11-20(19)23-29-32-33-30-23/h7-8,10-15H,4-6,9,16H2,1-3H3,(H,27,28,31,36)(H,29,30,32,33). The fourth-order valence-corrected chi connectivity index (χ4v) is 4.53. The fraction of sp³-hybridized carbons (Fsp3) is 0.308. The molecule has 10 heteroatoms. The minimum absolute atomic E-state index is 0.115. The van der Waals surface area contributed by atoms with E-state index in [1.807, 2.05) is 28.8 Å². The monoisotopic (exact) mass is 483 g/mol. The first-order chi connectivity index (χ1) is 17.6. The molecule has 5 rings (SSSR count). The molecule has 0 radical (unpaired) electrons. The molecule has 0 spiro atoms. The summed E-state index contributed by atoms with van der Waals surface area (Å²) in [6.45, 7) is 7.85. The Labute approximate surface area is 208 Å². The van der Waals surface area contributed by atoms with E-state index in [2.05, 4.69) is 80.5 Å². The van der Waals surface area contributed by atoms with Gasteiger partial charge in [-0.15, -0.1) is 15.3 Å². The molecule has 10 nitrogen and oxygen atoms in total. The molecule has 0 aliphatic heterocycles. The van der Waals surface area contributed by atoms with Crippen molar-refractivity contribution < 1.29 is 0 Å². The van der Waals surface area contributed by atoms with Gasteiger partial charge < -0.3 is 4.90 Å². The first-order valence-corrected chi connectivity index (χ1v) is 12.3. The zero-order valence-electron chi connectivity index (χ0n) is 20.7. The van der Waals surface area contributed by atoms with Crippen LogP contribution in [-0.4, -0.2) is 53.3 Å². The predicted octanol–water partition coefficient (Wildman–Crippen LogP) is 3.65. The Morgan fingerprint density at radius 2 is 1.72 bits per heavy atom. The third-order valence-electron chi connectivity index (χ3n) is 6.39. The van der Waals surface area contributed by atoms with Crippen LogP contribution in [-0.2, 0) is 12.8 Å². The average molecular weight is 484 g/mol. The maximum absolute atomic E-state index is 13.1. The zero-order chi connectivity index (χ0) is 25.1. The van der Waals surface area contributed by atoms with E-state index >= 15 is 0 Å². The number of aromatic nitrogens is 8. The van der Waals surface area contributed by atoms with E-state index in [-0.39, 0.29) is 5.56 Å². The minimum Gasteiger partial charge on any atom is -0.340 e. The Bertz CT molecular complexity index is 1510. The number of benzene rings is 2. The number of hydrogen-bond acceptors (Lipinski definition) is 7. The molecular weight excluding hydrogens is 454 g/mol. The van der Waals surface area contributed by atoms with Gasteiger partial charge in [0.25, 0.3) is 5.56 Å². The summed E-state index contributed by atoms with van der Waals surface area (Å²) in [5.41, 5.74) is 5.52. The first-order valence-electron chi connectivity index (χ1n) is 12.3. The van der Waals surface area contributed by atoms with E-state index < -0.39 is 0 Å². The summed E-state index contributed by atoms with van der Waals surface area (Å²) in [7, 11) is 0. The second kappa shape index (κ2) is 10.1. The largest absolute Gasteiger partial charge is 0.340 e. The lowest BCUT2D eigenvalue weighted by atomic mass is 9.96. The van der Waals surface area contributed by atoms with Gasteiger partial charge in [0.2, 0.25) is 17.6 Å². The lowest BCUT2D eigenvalue weighted by molar-refractivity contribution is 0.756. The highest BCUT2D eigenvalue weighted by molar-refractivity contribution is 5.80. The number of tetrazole rings is 1. The molecule has 0 aliphatic rings. The molecule has 3 heterocycles. The van der Waals surface area contributed by atoms with E-state index in [1.165, 1.54) is 0 Å². The summed E-state index contributed by atoms with van der Waals surface area (Å²) in [5, 5.41) is 19.2. The highest BCUT2D eigenvalue weighted by Crippen LogP contribution is 2.30. The zero-order valence-corrected chi connectivity index (χ0v) is 20.7. The van der Waals surface area contributed by atoms with Crippen molar-refractivity contribution in [2.45, 2.75) is 40.0 Å². The Balaban J connectivity index is 1.50. The molecular formula is C26H29N9O. The molecule has 0 atom stereocenters. The molecule has 184 valence electrons. The second-order valence-electron chi connectivity index (χ2n) is 8.60. The molecule has 5 aromatic rings. The average Bonchev–Trinajstić information content (AvgIpc) is 3.58. The third-order valence-corrected chi connectivity index (χ3v) is 6.39. The Kier molecular flexibility index (Phi) is 6.57. The van der Waals surface area contributed by atoms with Crippen LogP contribution >= 0.6 is 0 Å². The van der Waals surface area contributed by atoms with Crippen LogP contribution in [0.1, 0.15) is 44.0 Å². The number of hydrogen-bond donors (Lipinski definition) is 2. The van der Waals surface area contributed by atoms with Gasteiger partial charge in [-0.05, 0) is 42.2 Å². The molecule has 0 amide bonds. The summed E-state index contributed by atoms with van der Waals surface area (Å²) in [4.78, 5) is 22.7. The molecule has 0 saturated heterocycles. The van der Waals surface area contributed by atoms with Crippen molar-refractivity contribution in [2.24, 2.45) is 0 Å². The van der Waals surface area contributed by atoms with Crippen LogP contribution in [0, 0.1) is 0 Å². The topological polar surface area (TPSA) is 121 Å². The Hall–Kier alpha value is -4.34. The lowest BCUT2D eigenvalue weighted by Crippen LogP contribution is -2.23. The molecule has 0 bridgehead atoms. The molecule has 36 heavy (non-hydrogen) atoms. The van der Waals surface area contributed by atoms with Gasteiger partial charge in [0.15, 0.2) is 0 Å². The number of anilines is 1. The molecule has 2 N–H and O–H groups in total. The third kappa shape index (κ3) is 4.37. The molecule has 0 fully saturated rings. The molecule has 0 aliphatic carbocycles. The van der Waals surface area contributed by atoms with Crippen molar-refractivity contribution in [1.29, 1.82) is 0 Å². The van der Waals surface area contributed by atoms with E-state index in [0.29, 0.717) is 24.0 Å². The van der Waals surface area contributed by atoms with Gasteiger partial charge in [0.1, 0.15) is 0 Å². The van der Waals surface area contributed by atoms with Crippen LogP contribution in [0.25, 0.3) is 28.3 Å². The van der Waals surface area contributed by atoms with Gasteiger partial charge in [-0.1, -0.05) is 61.9 Å². The summed E-state index contributed by atoms with van der Waals surface area (Å²) >= 11 is 0. The van der Waals surface area contributed by atoms with Crippen molar-refractivity contribution in [1.82, 2.24) is 40.2 Å². The number of nitrogens with one attached hydrogen (secondary N) is 2. The van der Waals surface area contributed by atoms with E-state index in [9.17, 15) is 4.79 Å². The lowest BCUT2D eigenvalue weighted by Gasteiger charge is -2.15. The summed E-state index contributed by atoms with van der Waals surface area (Å²) < 4.78 is 1.81. The van der Waals surface area contributed by atoms with Gasteiger partial charge in [-0.3, -0.25) is 9.78 Å². The number of H-pyrrole nitrogens is 2. The van der Waals surface area contributed by atoms with Crippen LogP contribution in [0.3, 0.4) is 0 Å². The number of aryl methyl sites for hydroxylation is 1. The van der Waals surface area contributed by atoms with Gasteiger partial charge in [0, 0.05) is 30.6 Å². The second-order valence-corrected chi connectivity index (χ2v) is 8.60. The van der Waals surface area contributed by atoms with Crippen LogP contribution in [0.4, 0.5) is 5.95 Å². The van der Waals surface area contributed by atoms with E-state index in [0.717, 1.165) is 59.4 Å². The van der Waals surface area contributed by atoms with Crippen molar-refractivity contribution >= 4 is 11.7 Å². The maximum Gasteiger partial charge on any atom is 0.256 e. The van der Waals surface area contributed by atoms with Crippen molar-refractivity contribution in [3.63, 3.8) is 0 Å². The number of aromatic amines is 2. The van der Waals surface area contributed by atoms with Crippen LogP contribution in [0.15, 0.2) is 53.3 Å². The van der Waals surface area contributed by atoms with Gasteiger partial charge in [-0.2, -0.15) is 10.2 Å². The molecule has 0 saturated carbocycles. The summed E-state index contributed by atoms with van der Waals surface area (Å²) in [5.74, 6) is 1.67. The van der Waals surface area contributed by atoms with Gasteiger partial charge in [-0.25, -0.2) is 4.52 Å². The van der Waals surface area contributed by atoms with Gasteiger partial charge in [0.05, 0.1) is 5.69 Å². The highest BCUT2D eigenvalue weighted by Gasteiger charge is 2.18. The maximum atomic E-state index is 13.1. The van der Waals surface area contributed by atoms with Crippen LogP contribution in [0.2, 0.25) is 0 Å². The number of fused-ring (bicyclic) bond motifs is 1. The van der Waals surface area contributed by atoms with Crippen molar-refractivity contribution in [2.75, 3.05) is 18.0 Å². The summed E-state index contributed by atoms with van der Waals surface area (Å²) in [6, 6.07) is 16.2. The number of nitrogens with zero attached hydrogens (tertiary/aromatic N) is 7. The van der Waals surface area contributed by atoms with E-state index in [1.54, 1.807) is 0 Å². The minimum atomic E-state index is -0.115. The summed E-state index contributed by atoms with van der Waals surface area (Å²) in [6.07, 6.45) is 2.15. The van der Waals surface area contributed by atoms with E-state index in [4.69, 9.17) is 5.10 Å². The SMILES string of the molecule is CCCc1c(Cc2ccc(-c3ccccc3-c3nn[nH]n3)cc2)c(=O)[nH]c2nc(N(CC)CC)nn12. The smallest absolute Gasteiger partial charge is 0.256 e. The highest BCUT2D eigenvalue weighted by atomic mass is 16.1. The van der Waals surface area contributed by atoms with Crippen LogP contribution in [0.5, 0.6) is 0 Å². The quantitative estimate of drug-likeness (QED) is 0.328. The Morgan fingerprint density at radius 1 is 0.972 bits per heavy atom. The number of rotatable bonds is 9. The molecule has 0 unspecified atom stereocenters.